The van der Waals surface area contributed by atoms with Crippen LogP contribution in [0.5, 0.6) is 0 Å². The summed E-state index contributed by atoms with van der Waals surface area (Å²) in [4.78, 5) is 23.3. The molecule has 1 N–H and O–H groups in total. The van der Waals surface area contributed by atoms with Gasteiger partial charge in [0.2, 0.25) is 0 Å². The Morgan fingerprint density at radius 1 is 1.20 bits per heavy atom. The topological polar surface area (TPSA) is 63.6 Å². The summed E-state index contributed by atoms with van der Waals surface area (Å²) >= 11 is 0. The third-order valence-electron chi connectivity index (χ3n) is 3.52. The van der Waals surface area contributed by atoms with E-state index in [4.69, 9.17) is 9.84 Å². The molecule has 0 amide bonds. The van der Waals surface area contributed by atoms with Gasteiger partial charge in [-0.1, -0.05) is 32.4 Å². The van der Waals surface area contributed by atoms with Gasteiger partial charge in [0, 0.05) is 0 Å². The minimum Gasteiger partial charge on any atom is -0.478 e. The average Bonchev–Trinajstić information content (AvgIpc) is 2.45. The van der Waals surface area contributed by atoms with Crippen LogP contribution in [0.15, 0.2) is 24.3 Å². The Morgan fingerprint density at radius 3 is 2.30 bits per heavy atom. The summed E-state index contributed by atoms with van der Waals surface area (Å²) in [5, 5.41) is 9.10. The first-order valence-corrected chi connectivity index (χ1v) is 6.99. The second-order valence-electron chi connectivity index (χ2n) is 5.15. The van der Waals surface area contributed by atoms with Gasteiger partial charge in [0.15, 0.2) is 0 Å². The standard InChI is InChI=1S/C16H22O4/c1-4-6-11-16(3,5-2)20-15(19)13-10-8-7-9-12(13)14(17)18/h7-10H,4-6,11H2,1-3H3,(H,17,18). The first-order chi connectivity index (χ1) is 9.43. The van der Waals surface area contributed by atoms with Gasteiger partial charge in [-0.3, -0.25) is 0 Å². The molecule has 0 saturated carbocycles. The monoisotopic (exact) mass is 278 g/mol. The van der Waals surface area contributed by atoms with Crippen LogP contribution in [0.1, 0.15) is 67.2 Å². The van der Waals surface area contributed by atoms with Crippen molar-refractivity contribution in [2.24, 2.45) is 0 Å². The smallest absolute Gasteiger partial charge is 0.339 e. The molecule has 0 aliphatic rings. The number of hydrogen-bond donors (Lipinski definition) is 1. The Balaban J connectivity index is 2.93. The maximum Gasteiger partial charge on any atom is 0.339 e. The van der Waals surface area contributed by atoms with Crippen molar-refractivity contribution < 1.29 is 19.4 Å². The molecule has 1 rings (SSSR count). The van der Waals surface area contributed by atoms with E-state index in [1.807, 2.05) is 13.8 Å². The van der Waals surface area contributed by atoms with E-state index in [2.05, 4.69) is 6.92 Å². The molecule has 0 aromatic heterocycles. The molecule has 0 aliphatic carbocycles. The average molecular weight is 278 g/mol. The number of ether oxygens (including phenoxy) is 1. The number of hydrogen-bond acceptors (Lipinski definition) is 3. The minimum absolute atomic E-state index is 0.0218. The van der Waals surface area contributed by atoms with E-state index in [1.54, 1.807) is 12.1 Å². The number of rotatable bonds is 7. The molecule has 20 heavy (non-hydrogen) atoms. The van der Waals surface area contributed by atoms with E-state index in [0.717, 1.165) is 19.3 Å². The van der Waals surface area contributed by atoms with Crippen LogP contribution >= 0.6 is 0 Å². The second-order valence-corrected chi connectivity index (χ2v) is 5.15. The molecule has 0 spiro atoms. The SMILES string of the molecule is CCCCC(C)(CC)OC(=O)c1ccccc1C(=O)O. The van der Waals surface area contributed by atoms with Crippen molar-refractivity contribution in [2.75, 3.05) is 0 Å². The molecule has 0 radical (unpaired) electrons. The Labute approximate surface area is 119 Å². The molecular weight excluding hydrogens is 256 g/mol. The predicted octanol–water partition coefficient (Wildman–Crippen LogP) is 3.90. The molecule has 0 heterocycles. The molecule has 4 nitrogen and oxygen atoms in total. The van der Waals surface area contributed by atoms with Gasteiger partial charge in [-0.15, -0.1) is 0 Å². The normalized spacial score (nSPS) is 13.6. The number of unbranched alkanes of at least 4 members (excludes halogenated alkanes) is 1. The third kappa shape index (κ3) is 4.08. The Kier molecular flexibility index (Phi) is 5.74. The zero-order valence-electron chi connectivity index (χ0n) is 12.3. The predicted molar refractivity (Wildman–Crippen MR) is 77.0 cm³/mol. The van der Waals surface area contributed by atoms with Crippen LogP contribution < -0.4 is 0 Å². The molecule has 4 heteroatoms. The zero-order chi connectivity index (χ0) is 15.2. The lowest BCUT2D eigenvalue weighted by Gasteiger charge is -2.28. The van der Waals surface area contributed by atoms with Crippen LogP contribution in [0.25, 0.3) is 0 Å². The third-order valence-corrected chi connectivity index (χ3v) is 3.52. The van der Waals surface area contributed by atoms with Crippen LogP contribution in [0.3, 0.4) is 0 Å². The van der Waals surface area contributed by atoms with Gasteiger partial charge >= 0.3 is 11.9 Å². The number of aromatic carboxylic acids is 1. The van der Waals surface area contributed by atoms with Crippen LogP contribution in [0.4, 0.5) is 0 Å². The van der Waals surface area contributed by atoms with Crippen molar-refractivity contribution >= 4 is 11.9 Å². The van der Waals surface area contributed by atoms with Gasteiger partial charge in [-0.25, -0.2) is 9.59 Å². The first kappa shape index (κ1) is 16.2. The van der Waals surface area contributed by atoms with E-state index in [-0.39, 0.29) is 11.1 Å². The van der Waals surface area contributed by atoms with E-state index >= 15 is 0 Å². The van der Waals surface area contributed by atoms with Gasteiger partial charge in [-0.05, 0) is 38.3 Å². The zero-order valence-corrected chi connectivity index (χ0v) is 12.3. The highest BCUT2D eigenvalue weighted by molar-refractivity contribution is 6.02. The molecule has 1 aromatic carbocycles. The minimum atomic E-state index is -1.12. The van der Waals surface area contributed by atoms with Gasteiger partial charge in [0.05, 0.1) is 11.1 Å². The van der Waals surface area contributed by atoms with Gasteiger partial charge in [-0.2, -0.15) is 0 Å². The highest BCUT2D eigenvalue weighted by atomic mass is 16.6. The molecule has 0 fully saturated rings. The maximum atomic E-state index is 12.2. The van der Waals surface area contributed by atoms with Crippen LogP contribution in [-0.4, -0.2) is 22.6 Å². The van der Waals surface area contributed by atoms with E-state index < -0.39 is 17.5 Å². The summed E-state index contributed by atoms with van der Waals surface area (Å²) in [6, 6.07) is 6.13. The lowest BCUT2D eigenvalue weighted by atomic mass is 9.95. The van der Waals surface area contributed by atoms with Crippen molar-refractivity contribution in [1.29, 1.82) is 0 Å². The number of benzene rings is 1. The summed E-state index contributed by atoms with van der Waals surface area (Å²) in [6.07, 6.45) is 3.48. The number of carboxylic acids is 1. The number of esters is 1. The Hall–Kier alpha value is -1.84. The van der Waals surface area contributed by atoms with E-state index in [1.165, 1.54) is 12.1 Å². The molecule has 110 valence electrons. The number of carboxylic acid groups (broad SMARTS) is 1. The van der Waals surface area contributed by atoms with Gasteiger partial charge in [0.1, 0.15) is 5.60 Å². The summed E-state index contributed by atoms with van der Waals surface area (Å²) in [5.74, 6) is -1.69. The molecule has 0 aliphatic heterocycles. The van der Waals surface area contributed by atoms with Crippen molar-refractivity contribution in [2.45, 2.75) is 52.1 Å². The quantitative estimate of drug-likeness (QED) is 0.768. The first-order valence-electron chi connectivity index (χ1n) is 6.99. The lowest BCUT2D eigenvalue weighted by Crippen LogP contribution is -2.31. The van der Waals surface area contributed by atoms with E-state index in [0.29, 0.717) is 6.42 Å². The molecular formula is C16H22O4. The summed E-state index contributed by atoms with van der Waals surface area (Å²) < 4.78 is 5.56. The highest BCUT2D eigenvalue weighted by Gasteiger charge is 2.28. The molecule has 0 saturated heterocycles. The summed E-state index contributed by atoms with van der Waals surface area (Å²) in [7, 11) is 0. The summed E-state index contributed by atoms with van der Waals surface area (Å²) in [6.45, 7) is 5.94. The molecule has 1 atom stereocenters. The second kappa shape index (κ2) is 7.08. The Morgan fingerprint density at radius 2 is 1.80 bits per heavy atom. The largest absolute Gasteiger partial charge is 0.478 e. The lowest BCUT2D eigenvalue weighted by molar-refractivity contribution is -0.0165. The Bertz CT molecular complexity index is 481. The maximum absolute atomic E-state index is 12.2. The number of carbonyl (C=O) groups excluding carboxylic acids is 1. The van der Waals surface area contributed by atoms with Crippen molar-refractivity contribution in [3.8, 4) is 0 Å². The van der Waals surface area contributed by atoms with Crippen LogP contribution in [0.2, 0.25) is 0 Å². The number of carbonyl (C=O) groups is 2. The van der Waals surface area contributed by atoms with Crippen LogP contribution in [-0.2, 0) is 4.74 Å². The fourth-order valence-corrected chi connectivity index (χ4v) is 1.98. The molecule has 1 unspecified atom stereocenters. The molecule has 0 bridgehead atoms. The van der Waals surface area contributed by atoms with Gasteiger partial charge < -0.3 is 9.84 Å². The highest BCUT2D eigenvalue weighted by Crippen LogP contribution is 2.25. The molecule has 1 aromatic rings. The van der Waals surface area contributed by atoms with Crippen molar-refractivity contribution in [3.05, 3.63) is 35.4 Å². The fraction of sp³-hybridized carbons (Fsp3) is 0.500. The van der Waals surface area contributed by atoms with Gasteiger partial charge in [0.25, 0.3) is 0 Å². The fourth-order valence-electron chi connectivity index (χ4n) is 1.98. The van der Waals surface area contributed by atoms with Crippen molar-refractivity contribution in [3.63, 3.8) is 0 Å². The van der Waals surface area contributed by atoms with E-state index in [9.17, 15) is 9.59 Å². The van der Waals surface area contributed by atoms with Crippen molar-refractivity contribution in [1.82, 2.24) is 0 Å². The summed E-state index contributed by atoms with van der Waals surface area (Å²) in [5.41, 5.74) is -0.457. The van der Waals surface area contributed by atoms with Crippen LogP contribution in [0, 0.1) is 0 Å².